The Hall–Kier alpha value is -4.12. The monoisotopic (exact) mass is 568 g/mol. The van der Waals surface area contributed by atoms with E-state index in [0.29, 0.717) is 30.0 Å². The molecule has 0 aliphatic carbocycles. The second kappa shape index (κ2) is 13.0. The maximum Gasteiger partial charge on any atom is 0.423 e. The number of amides is 5. The fourth-order valence-corrected chi connectivity index (χ4v) is 4.21. The summed E-state index contributed by atoms with van der Waals surface area (Å²) in [6.07, 6.45) is -1.01. The number of rotatable bonds is 5. The van der Waals surface area contributed by atoms with Crippen LogP contribution in [-0.2, 0) is 14.3 Å². The molecule has 11 nitrogen and oxygen atoms in total. The van der Waals surface area contributed by atoms with Crippen molar-refractivity contribution in [1.29, 1.82) is 0 Å². The van der Waals surface area contributed by atoms with Crippen LogP contribution in [0.5, 0.6) is 11.5 Å². The molecule has 3 rings (SSSR count). The standard InChI is InChI=1S/C30H40N4O7/c1-29(2,3)40-27(37)33(25(35)20-31)22-16-18-32(19-17-22)26(36)34(28(38)41-30(4,5)6)21-12-14-24(15-13-21)39-23-10-8-7-9-11-23/h7-15,22H,16-20,31H2,1-6H3. The fraction of sp³-hybridized carbons (Fsp3) is 0.467. The Labute approximate surface area is 241 Å². The molecule has 2 aromatic rings. The molecule has 0 unspecified atom stereocenters. The second-order valence-electron chi connectivity index (χ2n) is 11.7. The van der Waals surface area contributed by atoms with E-state index in [1.165, 1.54) is 4.90 Å². The van der Waals surface area contributed by atoms with Crippen LogP contribution < -0.4 is 15.4 Å². The minimum absolute atomic E-state index is 0.190. The minimum atomic E-state index is -0.838. The van der Waals surface area contributed by atoms with Gasteiger partial charge in [0.2, 0.25) is 5.91 Å². The average Bonchev–Trinajstić information content (AvgIpc) is 2.88. The number of carbonyl (C=O) groups excluding carboxylic acids is 4. The highest BCUT2D eigenvalue weighted by molar-refractivity contribution is 6.11. The molecule has 0 spiro atoms. The lowest BCUT2D eigenvalue weighted by Crippen LogP contribution is -2.56. The van der Waals surface area contributed by atoms with Crippen molar-refractivity contribution in [3.63, 3.8) is 0 Å². The van der Waals surface area contributed by atoms with Gasteiger partial charge in [0.15, 0.2) is 0 Å². The molecule has 0 bridgehead atoms. The lowest BCUT2D eigenvalue weighted by molar-refractivity contribution is -0.131. The summed E-state index contributed by atoms with van der Waals surface area (Å²) in [5.41, 5.74) is 4.24. The Morgan fingerprint density at radius 3 is 1.83 bits per heavy atom. The van der Waals surface area contributed by atoms with Gasteiger partial charge in [-0.15, -0.1) is 0 Å². The predicted octanol–water partition coefficient (Wildman–Crippen LogP) is 5.53. The zero-order valence-corrected chi connectivity index (χ0v) is 24.6. The molecule has 1 saturated heterocycles. The third kappa shape index (κ3) is 8.94. The summed E-state index contributed by atoms with van der Waals surface area (Å²) < 4.78 is 16.8. The maximum absolute atomic E-state index is 13.7. The van der Waals surface area contributed by atoms with Crippen LogP contribution in [0.4, 0.5) is 20.1 Å². The minimum Gasteiger partial charge on any atom is -0.457 e. The van der Waals surface area contributed by atoms with E-state index in [0.717, 1.165) is 9.80 Å². The Morgan fingerprint density at radius 2 is 1.32 bits per heavy atom. The number of nitrogens with two attached hydrogens (primary N) is 1. The highest BCUT2D eigenvalue weighted by Gasteiger charge is 2.38. The van der Waals surface area contributed by atoms with Crippen molar-refractivity contribution in [2.24, 2.45) is 5.73 Å². The van der Waals surface area contributed by atoms with Crippen LogP contribution in [-0.4, -0.2) is 70.8 Å². The number of benzene rings is 2. The zero-order chi connectivity index (χ0) is 30.4. The molecule has 0 radical (unpaired) electrons. The van der Waals surface area contributed by atoms with Crippen molar-refractivity contribution >= 4 is 29.8 Å². The molecule has 0 atom stereocenters. The summed E-state index contributed by atoms with van der Waals surface area (Å²) in [5.74, 6) is 0.623. The highest BCUT2D eigenvalue weighted by Crippen LogP contribution is 2.28. The van der Waals surface area contributed by atoms with Gasteiger partial charge >= 0.3 is 18.2 Å². The SMILES string of the molecule is CC(C)(C)OC(=O)N(C(=O)N1CCC(N(C(=O)CN)C(=O)OC(C)(C)C)CC1)c1ccc(Oc2ccccc2)cc1. The Balaban J connectivity index is 1.78. The molecule has 1 aliphatic heterocycles. The summed E-state index contributed by atoms with van der Waals surface area (Å²) in [6, 6.07) is 14.7. The normalized spacial score (nSPS) is 14.2. The second-order valence-corrected chi connectivity index (χ2v) is 11.7. The lowest BCUT2D eigenvalue weighted by atomic mass is 10.0. The summed E-state index contributed by atoms with van der Waals surface area (Å²) >= 11 is 0. The molecule has 222 valence electrons. The van der Waals surface area contributed by atoms with Crippen LogP contribution >= 0.6 is 0 Å². The number of anilines is 1. The maximum atomic E-state index is 13.7. The lowest BCUT2D eigenvalue weighted by Gasteiger charge is -2.39. The van der Waals surface area contributed by atoms with Crippen LogP contribution in [0, 0.1) is 0 Å². The number of carbonyl (C=O) groups is 4. The Kier molecular flexibility index (Phi) is 9.98. The number of nitrogens with zero attached hydrogens (tertiary/aromatic N) is 3. The predicted molar refractivity (Wildman–Crippen MR) is 154 cm³/mol. The third-order valence-corrected chi connectivity index (χ3v) is 5.97. The molecule has 41 heavy (non-hydrogen) atoms. The average molecular weight is 569 g/mol. The van der Waals surface area contributed by atoms with Gasteiger partial charge in [0, 0.05) is 19.1 Å². The first kappa shape index (κ1) is 31.4. The Bertz CT molecular complexity index is 1210. The number of urea groups is 1. The third-order valence-electron chi connectivity index (χ3n) is 5.97. The molecule has 0 saturated carbocycles. The van der Waals surface area contributed by atoms with Crippen molar-refractivity contribution < 1.29 is 33.4 Å². The van der Waals surface area contributed by atoms with E-state index in [1.807, 2.05) is 30.3 Å². The van der Waals surface area contributed by atoms with Gasteiger partial charge in [-0.1, -0.05) is 18.2 Å². The number of imide groups is 2. The fourth-order valence-electron chi connectivity index (χ4n) is 4.21. The van der Waals surface area contributed by atoms with Crippen molar-refractivity contribution in [2.75, 3.05) is 24.5 Å². The number of hydrogen-bond donors (Lipinski definition) is 1. The summed E-state index contributed by atoms with van der Waals surface area (Å²) in [5, 5.41) is 0. The largest absolute Gasteiger partial charge is 0.457 e. The molecule has 11 heteroatoms. The van der Waals surface area contributed by atoms with Gasteiger partial charge in [0.1, 0.15) is 22.7 Å². The molecule has 5 amide bonds. The van der Waals surface area contributed by atoms with E-state index < -0.39 is 41.4 Å². The number of ether oxygens (including phenoxy) is 3. The number of para-hydroxylation sites is 1. The van der Waals surface area contributed by atoms with Crippen LogP contribution in [0.1, 0.15) is 54.4 Å². The van der Waals surface area contributed by atoms with Gasteiger partial charge in [0.05, 0.1) is 12.2 Å². The molecule has 0 aromatic heterocycles. The first-order chi connectivity index (χ1) is 19.2. The molecular formula is C30H40N4O7. The topological polar surface area (TPSA) is 132 Å². The van der Waals surface area contributed by atoms with E-state index >= 15 is 0 Å². The molecule has 2 N–H and O–H groups in total. The van der Waals surface area contributed by atoms with Gasteiger partial charge in [-0.2, -0.15) is 4.90 Å². The van der Waals surface area contributed by atoms with Crippen molar-refractivity contribution in [1.82, 2.24) is 9.80 Å². The molecule has 1 heterocycles. The summed E-state index contributed by atoms with van der Waals surface area (Å²) in [7, 11) is 0. The molecule has 1 fully saturated rings. The van der Waals surface area contributed by atoms with Crippen molar-refractivity contribution in [2.45, 2.75) is 71.6 Å². The number of piperidine rings is 1. The number of hydrogen-bond acceptors (Lipinski definition) is 8. The van der Waals surface area contributed by atoms with Crippen LogP contribution in [0.15, 0.2) is 54.6 Å². The van der Waals surface area contributed by atoms with E-state index in [-0.39, 0.29) is 19.6 Å². The van der Waals surface area contributed by atoms with Gasteiger partial charge in [0.25, 0.3) is 0 Å². The van der Waals surface area contributed by atoms with Gasteiger partial charge in [-0.05, 0) is 90.8 Å². The van der Waals surface area contributed by atoms with Gasteiger partial charge in [-0.25, -0.2) is 19.3 Å². The summed E-state index contributed by atoms with van der Waals surface area (Å²) in [4.78, 5) is 55.8. The first-order valence-electron chi connectivity index (χ1n) is 13.6. The molecular weight excluding hydrogens is 528 g/mol. The quantitative estimate of drug-likeness (QED) is 0.498. The smallest absolute Gasteiger partial charge is 0.423 e. The first-order valence-corrected chi connectivity index (χ1v) is 13.6. The van der Waals surface area contributed by atoms with Crippen molar-refractivity contribution in [3.05, 3.63) is 54.6 Å². The van der Waals surface area contributed by atoms with E-state index in [4.69, 9.17) is 19.9 Å². The molecule has 2 aromatic carbocycles. The van der Waals surface area contributed by atoms with Gasteiger partial charge < -0.3 is 24.8 Å². The van der Waals surface area contributed by atoms with Crippen molar-refractivity contribution in [3.8, 4) is 11.5 Å². The van der Waals surface area contributed by atoms with Crippen LogP contribution in [0.3, 0.4) is 0 Å². The van der Waals surface area contributed by atoms with E-state index in [1.54, 1.807) is 65.8 Å². The zero-order valence-electron chi connectivity index (χ0n) is 24.6. The van der Waals surface area contributed by atoms with Crippen LogP contribution in [0.2, 0.25) is 0 Å². The van der Waals surface area contributed by atoms with Crippen LogP contribution in [0.25, 0.3) is 0 Å². The van der Waals surface area contributed by atoms with E-state index in [9.17, 15) is 19.2 Å². The number of likely N-dealkylation sites (tertiary alicyclic amines) is 1. The van der Waals surface area contributed by atoms with E-state index in [2.05, 4.69) is 0 Å². The highest BCUT2D eigenvalue weighted by atomic mass is 16.6. The van der Waals surface area contributed by atoms with Gasteiger partial charge in [-0.3, -0.25) is 4.79 Å². The molecule has 1 aliphatic rings. The Morgan fingerprint density at radius 1 is 0.805 bits per heavy atom. The summed E-state index contributed by atoms with van der Waals surface area (Å²) in [6.45, 7) is 10.3.